The summed E-state index contributed by atoms with van der Waals surface area (Å²) in [6.07, 6.45) is 0. The van der Waals surface area contributed by atoms with Crippen LogP contribution in [0.5, 0.6) is 0 Å². The summed E-state index contributed by atoms with van der Waals surface area (Å²) in [6, 6.07) is -1.03. The summed E-state index contributed by atoms with van der Waals surface area (Å²) >= 11 is 6.29. The first kappa shape index (κ1) is 12.5. The SMILES string of the molecule is CC1(C)C(C(=O)O)N2C(=O)C(Br)(Br)[C@H]2S1=O. The molecule has 0 aliphatic carbocycles. The quantitative estimate of drug-likeness (QED) is 0.539. The normalized spacial score (nSPS) is 39.1. The topological polar surface area (TPSA) is 74.7 Å². The molecule has 2 saturated heterocycles. The number of β-lactam (4-membered cyclic amide) rings is 1. The molecule has 0 bridgehead atoms. The van der Waals surface area contributed by atoms with Crippen LogP contribution in [0, 0.1) is 0 Å². The number of carboxylic acid groups (broad SMARTS) is 1. The third kappa shape index (κ3) is 1.23. The van der Waals surface area contributed by atoms with Gasteiger partial charge in [-0.25, -0.2) is 4.79 Å². The summed E-state index contributed by atoms with van der Waals surface area (Å²) in [5.74, 6) is -1.51. The minimum atomic E-state index is -1.43. The molecule has 2 rings (SSSR count). The van der Waals surface area contributed by atoms with Gasteiger partial charge in [0.1, 0.15) is 11.4 Å². The molecule has 0 spiro atoms. The minimum Gasteiger partial charge on any atom is -0.480 e. The van der Waals surface area contributed by atoms with E-state index < -0.39 is 36.2 Å². The maximum atomic E-state index is 12.2. The Morgan fingerprint density at radius 3 is 2.44 bits per heavy atom. The number of rotatable bonds is 1. The molecule has 0 saturated carbocycles. The molecule has 0 aromatic rings. The van der Waals surface area contributed by atoms with Crippen molar-refractivity contribution in [3.05, 3.63) is 0 Å². The number of hydrogen-bond acceptors (Lipinski definition) is 3. The summed E-state index contributed by atoms with van der Waals surface area (Å²) in [4.78, 5) is 24.1. The fourth-order valence-corrected chi connectivity index (χ4v) is 5.80. The molecule has 2 aliphatic rings. The lowest BCUT2D eigenvalue weighted by Crippen LogP contribution is -2.69. The number of hydrogen-bond donors (Lipinski definition) is 1. The van der Waals surface area contributed by atoms with Crippen LogP contribution in [0.25, 0.3) is 0 Å². The van der Waals surface area contributed by atoms with Crippen LogP contribution in [-0.4, -0.2) is 45.5 Å². The van der Waals surface area contributed by atoms with Crippen molar-refractivity contribution in [1.29, 1.82) is 0 Å². The highest BCUT2D eigenvalue weighted by Crippen LogP contribution is 2.54. The average Bonchev–Trinajstić information content (AvgIpc) is 2.33. The van der Waals surface area contributed by atoms with Gasteiger partial charge in [0.05, 0.1) is 15.5 Å². The maximum absolute atomic E-state index is 12.2. The van der Waals surface area contributed by atoms with E-state index in [2.05, 4.69) is 31.9 Å². The summed E-state index contributed by atoms with van der Waals surface area (Å²) in [7, 11) is -1.43. The number of aliphatic carboxylic acids is 1. The van der Waals surface area contributed by atoms with E-state index in [1.54, 1.807) is 13.8 Å². The molecule has 90 valence electrons. The van der Waals surface area contributed by atoms with Crippen LogP contribution in [0.3, 0.4) is 0 Å². The highest BCUT2D eigenvalue weighted by Gasteiger charge is 2.73. The fraction of sp³-hybridized carbons (Fsp3) is 0.750. The predicted molar refractivity (Wildman–Crippen MR) is 64.9 cm³/mol. The van der Waals surface area contributed by atoms with E-state index in [0.29, 0.717) is 0 Å². The van der Waals surface area contributed by atoms with E-state index >= 15 is 0 Å². The highest BCUT2D eigenvalue weighted by atomic mass is 79.9. The zero-order valence-electron chi connectivity index (χ0n) is 8.44. The van der Waals surface area contributed by atoms with Gasteiger partial charge in [-0.3, -0.25) is 9.00 Å². The molecule has 2 unspecified atom stereocenters. The second-order valence-corrected chi connectivity index (χ2v) is 9.99. The summed E-state index contributed by atoms with van der Waals surface area (Å²) < 4.78 is 10.1. The lowest BCUT2D eigenvalue weighted by atomic mass is 9.98. The molecule has 0 radical (unpaired) electrons. The summed E-state index contributed by atoms with van der Waals surface area (Å²) in [5.41, 5.74) is 0. The van der Waals surface area contributed by atoms with Gasteiger partial charge in [0, 0.05) is 0 Å². The number of amides is 1. The van der Waals surface area contributed by atoms with Gasteiger partial charge in [0.25, 0.3) is 5.91 Å². The molecule has 2 aliphatic heterocycles. The van der Waals surface area contributed by atoms with E-state index in [0.717, 1.165) is 0 Å². The Bertz CT molecular complexity index is 422. The minimum absolute atomic E-state index is 0.385. The van der Waals surface area contributed by atoms with E-state index in [-0.39, 0.29) is 5.91 Å². The Morgan fingerprint density at radius 1 is 1.50 bits per heavy atom. The molecule has 16 heavy (non-hydrogen) atoms. The van der Waals surface area contributed by atoms with Crippen molar-refractivity contribution in [2.24, 2.45) is 0 Å². The van der Waals surface area contributed by atoms with Gasteiger partial charge in [-0.1, -0.05) is 31.9 Å². The summed E-state index contributed by atoms with van der Waals surface area (Å²) in [6.45, 7) is 3.20. The van der Waals surface area contributed by atoms with Gasteiger partial charge >= 0.3 is 5.97 Å². The number of nitrogens with zero attached hydrogens (tertiary/aromatic N) is 1. The molecule has 8 heteroatoms. The van der Waals surface area contributed by atoms with Gasteiger partial charge in [-0.15, -0.1) is 0 Å². The molecule has 1 amide bonds. The van der Waals surface area contributed by atoms with Gasteiger partial charge in [-0.05, 0) is 13.8 Å². The van der Waals surface area contributed by atoms with Crippen molar-refractivity contribution < 1.29 is 18.9 Å². The first-order chi connectivity index (χ1) is 7.13. The van der Waals surface area contributed by atoms with E-state index in [9.17, 15) is 13.8 Å². The molecule has 0 aromatic carbocycles. The van der Waals surface area contributed by atoms with Crippen molar-refractivity contribution in [3.8, 4) is 0 Å². The van der Waals surface area contributed by atoms with Crippen LogP contribution in [0.15, 0.2) is 0 Å². The van der Waals surface area contributed by atoms with Crippen molar-refractivity contribution in [1.82, 2.24) is 4.90 Å². The molecule has 0 aromatic heterocycles. The van der Waals surface area contributed by atoms with Crippen LogP contribution >= 0.6 is 31.9 Å². The van der Waals surface area contributed by atoms with Crippen LogP contribution in [-0.2, 0) is 20.4 Å². The standard InChI is InChI=1S/C8H9Br2NO4S/c1-7(2)3(4(12)13)11-5(14)8(9,10)6(11)16(7)15/h3,6H,1-2H3,(H,12,13)/t3?,6-,16?/m1/s1. The number of carboxylic acids is 1. The van der Waals surface area contributed by atoms with Gasteiger partial charge < -0.3 is 10.0 Å². The first-order valence-corrected chi connectivity index (χ1v) is 7.27. The van der Waals surface area contributed by atoms with E-state index in [1.807, 2.05) is 0 Å². The molecule has 2 heterocycles. The van der Waals surface area contributed by atoms with Crippen molar-refractivity contribution in [2.45, 2.75) is 33.2 Å². The van der Waals surface area contributed by atoms with Crippen LogP contribution in [0.2, 0.25) is 0 Å². The Morgan fingerprint density at radius 2 is 2.00 bits per heavy atom. The zero-order valence-corrected chi connectivity index (χ0v) is 12.4. The lowest BCUT2D eigenvalue weighted by Gasteiger charge is -2.45. The average molecular weight is 375 g/mol. The third-order valence-electron chi connectivity index (χ3n) is 2.97. The van der Waals surface area contributed by atoms with Gasteiger partial charge in [-0.2, -0.15) is 0 Å². The zero-order chi connectivity index (χ0) is 12.5. The maximum Gasteiger partial charge on any atom is 0.328 e. The molecule has 2 fully saturated rings. The van der Waals surface area contributed by atoms with Crippen LogP contribution in [0.1, 0.15) is 13.8 Å². The number of halogens is 2. The first-order valence-electron chi connectivity index (χ1n) is 4.47. The van der Waals surface area contributed by atoms with Crippen molar-refractivity contribution in [3.63, 3.8) is 0 Å². The van der Waals surface area contributed by atoms with Gasteiger partial charge in [0.2, 0.25) is 0 Å². The second kappa shape index (κ2) is 3.29. The molecular formula is C8H9Br2NO4S. The molecular weight excluding hydrogens is 366 g/mol. The fourth-order valence-electron chi connectivity index (χ4n) is 2.13. The van der Waals surface area contributed by atoms with Crippen molar-refractivity contribution in [2.75, 3.05) is 0 Å². The van der Waals surface area contributed by atoms with Crippen molar-refractivity contribution >= 4 is 54.5 Å². The second-order valence-electron chi connectivity index (χ2n) is 4.33. The van der Waals surface area contributed by atoms with Gasteiger partial charge in [0.15, 0.2) is 3.23 Å². The lowest BCUT2D eigenvalue weighted by molar-refractivity contribution is -0.157. The van der Waals surface area contributed by atoms with Crippen LogP contribution < -0.4 is 0 Å². The van der Waals surface area contributed by atoms with E-state index in [1.165, 1.54) is 4.90 Å². The largest absolute Gasteiger partial charge is 0.480 e. The Hall–Kier alpha value is 0.0500. The Balaban J connectivity index is 2.50. The number of alkyl halides is 2. The summed E-state index contributed by atoms with van der Waals surface area (Å²) in [5, 5.41) is 8.49. The van der Waals surface area contributed by atoms with Crippen LogP contribution in [0.4, 0.5) is 0 Å². The monoisotopic (exact) mass is 373 g/mol. The Labute approximate surface area is 111 Å². The Kier molecular flexibility index (Phi) is 2.57. The smallest absolute Gasteiger partial charge is 0.328 e. The molecule has 3 atom stereocenters. The molecule has 5 nitrogen and oxygen atoms in total. The predicted octanol–water partition coefficient (Wildman–Crippen LogP) is 0.635. The molecule has 1 N–H and O–H groups in total. The number of fused-ring (bicyclic) bond motifs is 1. The number of carbonyl (C=O) groups is 2. The van der Waals surface area contributed by atoms with E-state index in [4.69, 9.17) is 5.11 Å². The third-order valence-corrected chi connectivity index (χ3v) is 7.37. The number of carbonyl (C=O) groups excluding carboxylic acids is 1. The highest BCUT2D eigenvalue weighted by molar-refractivity contribution is 9.26.